The van der Waals surface area contributed by atoms with Gasteiger partial charge >= 0.3 is 0 Å². The zero-order valence-corrected chi connectivity index (χ0v) is 13.9. The summed E-state index contributed by atoms with van der Waals surface area (Å²) in [4.78, 5) is 23.5. The summed E-state index contributed by atoms with van der Waals surface area (Å²) in [6.45, 7) is 1.52. The van der Waals surface area contributed by atoms with Crippen LogP contribution in [0.4, 0.5) is 10.1 Å². The van der Waals surface area contributed by atoms with Gasteiger partial charge in [-0.2, -0.15) is 4.41 Å². The lowest BCUT2D eigenvalue weighted by atomic mass is 10.1. The molecule has 3 rings (SSSR count). The van der Waals surface area contributed by atoms with Crippen molar-refractivity contribution in [2.75, 3.05) is 23.3 Å². The minimum atomic E-state index is -4.12. The number of benzene rings is 1. The molecule has 0 spiro atoms. The third-order valence-electron chi connectivity index (χ3n) is 4.00. The number of nitrogens with zero attached hydrogens (tertiary/aromatic N) is 1. The van der Waals surface area contributed by atoms with Gasteiger partial charge in [-0.25, -0.2) is 12.8 Å². The molecule has 0 radical (unpaired) electrons. The first-order chi connectivity index (χ1) is 11.8. The smallest absolute Gasteiger partial charge is 0.262 e. The predicted octanol–water partition coefficient (Wildman–Crippen LogP) is -0.806. The fourth-order valence-electron chi connectivity index (χ4n) is 2.79. The van der Waals surface area contributed by atoms with E-state index in [1.807, 2.05) is 5.43 Å². The number of phenolic OH excluding ortho intramolecular Hbond substituents is 1. The number of anilines is 1. The maximum Gasteiger partial charge on any atom is 0.262 e. The molecule has 1 aromatic carbocycles. The Labute approximate surface area is 143 Å². The van der Waals surface area contributed by atoms with Gasteiger partial charge in [0.25, 0.3) is 21.8 Å². The van der Waals surface area contributed by atoms with Gasteiger partial charge in [-0.05, 0) is 38.1 Å². The fourth-order valence-corrected chi connectivity index (χ4v) is 4.02. The number of phenols is 1. The van der Waals surface area contributed by atoms with Crippen molar-refractivity contribution in [1.82, 2.24) is 16.1 Å². The monoisotopic (exact) mass is 372 g/mol. The molecule has 4 N–H and O–H groups in total. The van der Waals surface area contributed by atoms with Crippen LogP contribution in [0.2, 0.25) is 0 Å². The van der Waals surface area contributed by atoms with Crippen LogP contribution >= 0.6 is 0 Å². The number of hydrogen-bond donors (Lipinski definition) is 4. The molecule has 2 fully saturated rings. The van der Waals surface area contributed by atoms with Crippen molar-refractivity contribution in [2.45, 2.75) is 18.9 Å². The molecule has 11 heteroatoms. The zero-order chi connectivity index (χ0) is 18.2. The van der Waals surface area contributed by atoms with Gasteiger partial charge in [-0.3, -0.25) is 15.0 Å². The van der Waals surface area contributed by atoms with E-state index >= 15 is 0 Å². The number of aromatic hydroxyl groups is 1. The third-order valence-corrected chi connectivity index (χ3v) is 5.46. The van der Waals surface area contributed by atoms with E-state index in [4.69, 9.17) is 0 Å². The Balaban J connectivity index is 1.85. The van der Waals surface area contributed by atoms with Crippen LogP contribution < -0.4 is 20.5 Å². The second-order valence-electron chi connectivity index (χ2n) is 5.88. The normalized spacial score (nSPS) is 20.4. The number of amides is 2. The first-order valence-corrected chi connectivity index (χ1v) is 9.25. The van der Waals surface area contributed by atoms with Gasteiger partial charge in [0, 0.05) is 11.6 Å². The summed E-state index contributed by atoms with van der Waals surface area (Å²) in [5.41, 5.74) is 1.10. The summed E-state index contributed by atoms with van der Waals surface area (Å²) in [6, 6.07) is 1.73. The summed E-state index contributed by atoms with van der Waals surface area (Å²) in [5.74, 6) is -4.15. The molecule has 0 bridgehead atoms. The molecule has 2 saturated heterocycles. The van der Waals surface area contributed by atoms with Gasteiger partial charge in [0.1, 0.15) is 5.75 Å². The minimum absolute atomic E-state index is 0.0584. The Hall–Kier alpha value is -2.40. The molecule has 2 heterocycles. The second-order valence-corrected chi connectivity index (χ2v) is 7.70. The van der Waals surface area contributed by atoms with Gasteiger partial charge in [0.05, 0.1) is 0 Å². The maximum atomic E-state index is 14.4. The Bertz CT molecular complexity index is 800. The molecule has 0 aliphatic carbocycles. The van der Waals surface area contributed by atoms with Gasteiger partial charge < -0.3 is 15.7 Å². The molecule has 2 aliphatic heterocycles. The summed E-state index contributed by atoms with van der Waals surface area (Å²) >= 11 is 0. The second kappa shape index (κ2) is 6.48. The van der Waals surface area contributed by atoms with Crippen molar-refractivity contribution < 1.29 is 27.5 Å². The first-order valence-electron chi connectivity index (χ1n) is 7.64. The van der Waals surface area contributed by atoms with Gasteiger partial charge in [-0.1, -0.05) is 0 Å². The van der Waals surface area contributed by atoms with E-state index in [1.54, 1.807) is 0 Å². The number of rotatable bonds is 3. The lowest BCUT2D eigenvalue weighted by molar-refractivity contribution is -0.117. The molecule has 25 heavy (non-hydrogen) atoms. The average molecular weight is 372 g/mol. The highest BCUT2D eigenvalue weighted by Gasteiger charge is 2.38. The molecule has 2 aliphatic rings. The standard InChI is InChI=1S/C14H17FN4O5S/c15-10-5-8(14(22)17-9-1-3-16-4-2-9)6-11(20)13(10)19-18-12(21)7-25(19,23)24/h5-6,9,16,20H,1-4,7H2,(H,17,22)(H,18,21). The Morgan fingerprint density at radius 1 is 1.32 bits per heavy atom. The highest BCUT2D eigenvalue weighted by atomic mass is 32.2. The van der Waals surface area contributed by atoms with Crippen LogP contribution in [0.3, 0.4) is 0 Å². The number of carbonyl (C=O) groups is 2. The van der Waals surface area contributed by atoms with Crippen LogP contribution in [-0.2, 0) is 14.8 Å². The van der Waals surface area contributed by atoms with Gasteiger partial charge in [0.15, 0.2) is 17.3 Å². The molecule has 2 amide bonds. The van der Waals surface area contributed by atoms with Crippen molar-refractivity contribution in [3.63, 3.8) is 0 Å². The molecule has 9 nitrogen and oxygen atoms in total. The Morgan fingerprint density at radius 3 is 2.56 bits per heavy atom. The van der Waals surface area contributed by atoms with Crippen LogP contribution in [0.1, 0.15) is 23.2 Å². The number of nitrogens with one attached hydrogen (secondary N) is 3. The molecule has 0 saturated carbocycles. The highest BCUT2D eigenvalue weighted by molar-refractivity contribution is 7.93. The van der Waals surface area contributed by atoms with Crippen molar-refractivity contribution in [3.8, 4) is 5.75 Å². The predicted molar refractivity (Wildman–Crippen MR) is 85.8 cm³/mol. The maximum absolute atomic E-state index is 14.4. The van der Waals surface area contributed by atoms with Crippen molar-refractivity contribution in [2.24, 2.45) is 0 Å². The van der Waals surface area contributed by atoms with Gasteiger partial charge in [-0.15, -0.1) is 0 Å². The Morgan fingerprint density at radius 2 is 2.00 bits per heavy atom. The molecule has 136 valence electrons. The van der Waals surface area contributed by atoms with Crippen LogP contribution in [0.15, 0.2) is 12.1 Å². The quantitative estimate of drug-likeness (QED) is 0.550. The van der Waals surface area contributed by atoms with Gasteiger partial charge in [0.2, 0.25) is 0 Å². The van der Waals surface area contributed by atoms with E-state index in [0.29, 0.717) is 0 Å². The molecular weight excluding hydrogens is 355 g/mol. The van der Waals surface area contributed by atoms with Crippen molar-refractivity contribution >= 4 is 27.5 Å². The van der Waals surface area contributed by atoms with E-state index in [-0.39, 0.29) is 16.0 Å². The molecule has 1 aromatic rings. The highest BCUT2D eigenvalue weighted by Crippen LogP contribution is 2.34. The number of hydrogen-bond acceptors (Lipinski definition) is 6. The fraction of sp³-hybridized carbons (Fsp3) is 0.429. The molecule has 0 atom stereocenters. The number of piperidine rings is 1. The van der Waals surface area contributed by atoms with Crippen molar-refractivity contribution in [3.05, 3.63) is 23.5 Å². The SMILES string of the molecule is O=C1CS(=O)(=O)N(c2c(O)cc(C(=O)NC3CCNCC3)cc2F)N1. The zero-order valence-electron chi connectivity index (χ0n) is 13.1. The third kappa shape index (κ3) is 3.51. The van der Waals surface area contributed by atoms with Crippen LogP contribution in [0.5, 0.6) is 5.75 Å². The lowest BCUT2D eigenvalue weighted by Gasteiger charge is -2.24. The van der Waals surface area contributed by atoms with Crippen LogP contribution in [0, 0.1) is 5.82 Å². The summed E-state index contributed by atoms with van der Waals surface area (Å²) in [7, 11) is -4.12. The average Bonchev–Trinajstić information content (AvgIpc) is 2.80. The lowest BCUT2D eigenvalue weighted by Crippen LogP contribution is -2.42. The number of sulfonamides is 1. The van der Waals surface area contributed by atoms with Crippen LogP contribution in [-0.4, -0.2) is 50.2 Å². The Kier molecular flexibility index (Phi) is 4.52. The number of halogens is 1. The summed E-state index contributed by atoms with van der Waals surface area (Å²) < 4.78 is 38.3. The first kappa shape index (κ1) is 17.4. The number of hydrazine groups is 1. The summed E-state index contributed by atoms with van der Waals surface area (Å²) in [6.07, 6.45) is 1.46. The van der Waals surface area contributed by atoms with E-state index in [9.17, 15) is 27.5 Å². The van der Waals surface area contributed by atoms with E-state index < -0.39 is 44.8 Å². The van der Waals surface area contributed by atoms with Crippen LogP contribution in [0.25, 0.3) is 0 Å². The number of carbonyl (C=O) groups excluding carboxylic acids is 2. The summed E-state index contributed by atoms with van der Waals surface area (Å²) in [5, 5.41) is 15.9. The minimum Gasteiger partial charge on any atom is -0.506 e. The van der Waals surface area contributed by atoms with E-state index in [1.165, 1.54) is 0 Å². The largest absolute Gasteiger partial charge is 0.506 e. The topological polar surface area (TPSA) is 128 Å². The van der Waals surface area contributed by atoms with E-state index in [0.717, 1.165) is 38.1 Å². The molecule has 0 aromatic heterocycles. The van der Waals surface area contributed by atoms with E-state index in [2.05, 4.69) is 10.6 Å². The molecule has 0 unspecified atom stereocenters. The van der Waals surface area contributed by atoms with Crippen molar-refractivity contribution in [1.29, 1.82) is 0 Å². The molecular formula is C14H17FN4O5S.